The summed E-state index contributed by atoms with van der Waals surface area (Å²) in [6.45, 7) is -0.336. The molecule has 0 aliphatic carbocycles. The normalized spacial score (nSPS) is 11.0. The van der Waals surface area contributed by atoms with Gasteiger partial charge in [-0.15, -0.1) is 0 Å². The number of anilines is 2. The molecule has 0 spiro atoms. The number of halogens is 3. The molecular formula is C20H15Cl3N2O4S. The van der Waals surface area contributed by atoms with Gasteiger partial charge in [-0.25, -0.2) is 8.42 Å². The van der Waals surface area contributed by atoms with Crippen molar-refractivity contribution in [3.8, 4) is 5.75 Å². The maximum Gasteiger partial charge on any atom is 0.262 e. The van der Waals surface area contributed by atoms with E-state index in [2.05, 4.69) is 10.0 Å². The van der Waals surface area contributed by atoms with E-state index in [4.69, 9.17) is 39.5 Å². The molecule has 0 aromatic heterocycles. The number of hydrogen-bond acceptors (Lipinski definition) is 4. The molecule has 0 aliphatic heterocycles. The van der Waals surface area contributed by atoms with Crippen LogP contribution in [0.4, 0.5) is 11.4 Å². The third-order valence-corrected chi connectivity index (χ3v) is 6.05. The van der Waals surface area contributed by atoms with Crippen molar-refractivity contribution in [2.45, 2.75) is 4.90 Å². The highest BCUT2D eigenvalue weighted by molar-refractivity contribution is 7.92. The Hall–Kier alpha value is -2.45. The van der Waals surface area contributed by atoms with E-state index in [9.17, 15) is 13.2 Å². The monoisotopic (exact) mass is 484 g/mol. The van der Waals surface area contributed by atoms with Crippen molar-refractivity contribution < 1.29 is 17.9 Å². The Kier molecular flexibility index (Phi) is 7.10. The first-order valence-electron chi connectivity index (χ1n) is 8.50. The van der Waals surface area contributed by atoms with E-state index in [0.29, 0.717) is 21.5 Å². The molecular weight excluding hydrogens is 471 g/mol. The summed E-state index contributed by atoms with van der Waals surface area (Å²) in [7, 11) is -3.93. The molecule has 0 unspecified atom stereocenters. The van der Waals surface area contributed by atoms with Gasteiger partial charge < -0.3 is 10.1 Å². The number of carbonyl (C=O) groups excluding carboxylic acids is 1. The summed E-state index contributed by atoms with van der Waals surface area (Å²) >= 11 is 18.0. The topological polar surface area (TPSA) is 84.5 Å². The van der Waals surface area contributed by atoms with Gasteiger partial charge >= 0.3 is 0 Å². The maximum absolute atomic E-state index is 12.7. The average molecular weight is 486 g/mol. The molecule has 3 aromatic carbocycles. The average Bonchev–Trinajstić information content (AvgIpc) is 2.68. The third-order valence-electron chi connectivity index (χ3n) is 3.79. The van der Waals surface area contributed by atoms with Gasteiger partial charge in [0.1, 0.15) is 5.75 Å². The Morgan fingerprint density at radius 1 is 0.900 bits per heavy atom. The van der Waals surface area contributed by atoms with Crippen molar-refractivity contribution in [1.82, 2.24) is 0 Å². The molecule has 0 radical (unpaired) electrons. The maximum atomic E-state index is 12.7. The first-order chi connectivity index (χ1) is 14.2. The van der Waals surface area contributed by atoms with E-state index in [1.54, 1.807) is 42.5 Å². The molecule has 1 amide bonds. The second kappa shape index (κ2) is 9.57. The summed E-state index contributed by atoms with van der Waals surface area (Å²) in [6.07, 6.45) is 0. The minimum Gasteiger partial charge on any atom is -0.482 e. The van der Waals surface area contributed by atoms with Crippen LogP contribution in [0, 0.1) is 0 Å². The van der Waals surface area contributed by atoms with Crippen molar-refractivity contribution in [3.63, 3.8) is 0 Å². The molecule has 10 heteroatoms. The molecule has 2 N–H and O–H groups in total. The quantitative estimate of drug-likeness (QED) is 0.465. The smallest absolute Gasteiger partial charge is 0.262 e. The van der Waals surface area contributed by atoms with Gasteiger partial charge in [-0.3, -0.25) is 9.52 Å². The summed E-state index contributed by atoms with van der Waals surface area (Å²) in [5.41, 5.74) is 0.426. The Bertz CT molecular complexity index is 1190. The molecule has 3 aromatic rings. The van der Waals surface area contributed by atoms with Crippen LogP contribution in [0.15, 0.2) is 71.6 Å². The fourth-order valence-electron chi connectivity index (χ4n) is 2.42. The van der Waals surface area contributed by atoms with Crippen molar-refractivity contribution in [1.29, 1.82) is 0 Å². The van der Waals surface area contributed by atoms with E-state index < -0.39 is 15.9 Å². The van der Waals surface area contributed by atoms with Gasteiger partial charge in [0.05, 0.1) is 26.3 Å². The van der Waals surface area contributed by atoms with E-state index in [-0.39, 0.29) is 22.2 Å². The highest BCUT2D eigenvalue weighted by Gasteiger charge is 2.17. The van der Waals surface area contributed by atoms with Crippen LogP contribution in [0.2, 0.25) is 15.1 Å². The van der Waals surface area contributed by atoms with Crippen LogP contribution < -0.4 is 14.8 Å². The molecule has 30 heavy (non-hydrogen) atoms. The van der Waals surface area contributed by atoms with E-state index in [0.717, 1.165) is 0 Å². The number of para-hydroxylation sites is 1. The number of sulfonamides is 1. The second-order valence-corrected chi connectivity index (χ2v) is 8.96. The van der Waals surface area contributed by atoms with Crippen LogP contribution in [0.5, 0.6) is 5.75 Å². The van der Waals surface area contributed by atoms with Gasteiger partial charge in [0.2, 0.25) is 0 Å². The summed E-state index contributed by atoms with van der Waals surface area (Å²) in [4.78, 5) is 12.1. The van der Waals surface area contributed by atoms with E-state index in [1.165, 1.54) is 24.3 Å². The fraction of sp³-hybridized carbons (Fsp3) is 0.0500. The van der Waals surface area contributed by atoms with E-state index >= 15 is 0 Å². The Labute approximate surface area is 188 Å². The zero-order valence-electron chi connectivity index (χ0n) is 15.2. The first kappa shape index (κ1) is 22.2. The van der Waals surface area contributed by atoms with Crippen molar-refractivity contribution in [3.05, 3.63) is 81.8 Å². The van der Waals surface area contributed by atoms with Crippen molar-refractivity contribution >= 4 is 62.1 Å². The number of benzene rings is 3. The molecule has 3 rings (SSSR count). The van der Waals surface area contributed by atoms with Crippen LogP contribution in [-0.2, 0) is 14.8 Å². The zero-order valence-corrected chi connectivity index (χ0v) is 18.3. The Morgan fingerprint density at radius 2 is 1.67 bits per heavy atom. The van der Waals surface area contributed by atoms with Crippen LogP contribution >= 0.6 is 34.8 Å². The lowest BCUT2D eigenvalue weighted by molar-refractivity contribution is -0.118. The first-order valence-corrected chi connectivity index (χ1v) is 11.1. The van der Waals surface area contributed by atoms with E-state index in [1.807, 2.05) is 0 Å². The van der Waals surface area contributed by atoms with Gasteiger partial charge in [0.25, 0.3) is 15.9 Å². The van der Waals surface area contributed by atoms with Crippen molar-refractivity contribution in [2.24, 2.45) is 0 Å². The molecule has 0 bridgehead atoms. The molecule has 0 heterocycles. The second-order valence-electron chi connectivity index (χ2n) is 6.02. The number of ether oxygens (including phenoxy) is 1. The van der Waals surface area contributed by atoms with Gasteiger partial charge in [0.15, 0.2) is 6.61 Å². The lowest BCUT2D eigenvalue weighted by Crippen LogP contribution is -2.21. The molecule has 0 saturated heterocycles. The lowest BCUT2D eigenvalue weighted by atomic mass is 10.3. The molecule has 0 aliphatic rings. The number of amides is 1. The largest absolute Gasteiger partial charge is 0.482 e. The van der Waals surface area contributed by atoms with Crippen molar-refractivity contribution in [2.75, 3.05) is 16.6 Å². The van der Waals surface area contributed by atoms with Gasteiger partial charge in [0, 0.05) is 5.02 Å². The van der Waals surface area contributed by atoms with Gasteiger partial charge in [-0.2, -0.15) is 0 Å². The minimum atomic E-state index is -3.93. The molecule has 0 saturated carbocycles. The summed E-state index contributed by atoms with van der Waals surface area (Å²) in [6, 6.07) is 16.9. The predicted molar refractivity (Wildman–Crippen MR) is 119 cm³/mol. The standard InChI is InChI=1S/C20H15Cl3N2O4S/c21-13-4-3-5-14(10-13)25-30(27,28)15-8-9-16(22)18(11-15)24-20(26)12-29-19-7-2-1-6-17(19)23/h1-11,25H,12H2,(H,24,26). The molecule has 156 valence electrons. The predicted octanol–water partition coefficient (Wildman–Crippen LogP) is 5.47. The van der Waals surface area contributed by atoms with Crippen LogP contribution in [0.3, 0.4) is 0 Å². The van der Waals surface area contributed by atoms with Gasteiger partial charge in [-0.1, -0.05) is 53.0 Å². The zero-order chi connectivity index (χ0) is 21.7. The van der Waals surface area contributed by atoms with Crippen LogP contribution in [0.25, 0.3) is 0 Å². The van der Waals surface area contributed by atoms with Gasteiger partial charge in [-0.05, 0) is 48.5 Å². The Morgan fingerprint density at radius 3 is 2.40 bits per heavy atom. The minimum absolute atomic E-state index is 0.0887. The number of hydrogen-bond donors (Lipinski definition) is 2. The van der Waals surface area contributed by atoms with Crippen LogP contribution in [0.1, 0.15) is 0 Å². The number of carbonyl (C=O) groups is 1. The molecule has 0 fully saturated rings. The SMILES string of the molecule is O=C(COc1ccccc1Cl)Nc1cc(S(=O)(=O)Nc2cccc(Cl)c2)ccc1Cl. The fourth-order valence-corrected chi connectivity index (χ4v) is 4.05. The summed E-state index contributed by atoms with van der Waals surface area (Å²) < 4.78 is 33.1. The molecule has 6 nitrogen and oxygen atoms in total. The number of nitrogens with one attached hydrogen (secondary N) is 2. The Balaban J connectivity index is 1.72. The highest BCUT2D eigenvalue weighted by atomic mass is 35.5. The number of rotatable bonds is 7. The molecule has 0 atom stereocenters. The van der Waals surface area contributed by atoms with Crippen LogP contribution in [-0.4, -0.2) is 20.9 Å². The third kappa shape index (κ3) is 5.79. The lowest BCUT2D eigenvalue weighted by Gasteiger charge is -2.12. The highest BCUT2D eigenvalue weighted by Crippen LogP contribution is 2.27. The summed E-state index contributed by atoms with van der Waals surface area (Å²) in [5.74, 6) is -0.184. The summed E-state index contributed by atoms with van der Waals surface area (Å²) in [5, 5.41) is 3.45.